The van der Waals surface area contributed by atoms with Gasteiger partial charge in [0.2, 0.25) is 0 Å². The minimum atomic E-state index is -1.61. The Morgan fingerprint density at radius 2 is 0.970 bits per heavy atom. The van der Waals surface area contributed by atoms with Crippen LogP contribution in [0, 0.1) is 11.8 Å². The first kappa shape index (κ1) is 40.0. The Labute approximate surface area is 393 Å². The summed E-state index contributed by atoms with van der Waals surface area (Å²) in [4.78, 5) is 10.8. The van der Waals surface area contributed by atoms with Crippen molar-refractivity contribution < 1.29 is 0 Å². The van der Waals surface area contributed by atoms with Gasteiger partial charge in [-0.1, -0.05) is 183 Å². The molecular weight excluding hydrogens is 833 g/mol. The number of rotatable bonds is 8. The molecule has 326 valence electrons. The van der Waals surface area contributed by atoms with E-state index in [1.807, 2.05) is 0 Å². The molecule has 8 atom stereocenters. The first-order valence-electron chi connectivity index (χ1n) is 24.3. The van der Waals surface area contributed by atoms with Gasteiger partial charge in [0.15, 0.2) is 0 Å². The van der Waals surface area contributed by atoms with Crippen molar-refractivity contribution in [1.82, 2.24) is 4.90 Å². The van der Waals surface area contributed by atoms with Gasteiger partial charge in [0, 0.05) is 69.1 Å². The SMILES string of the molecule is C[Si](C)(C)C1=CC2C3=C(N(c4ccccc4)c4ccccc4)C=CC4C5=CC6C(C=C5N(C2C=C1)C34)c1ccc(N(c2ccccc2)c2ccccc2)c2c1N6C1C=C([Si](C)(C)C)C=CC21. The number of fused-ring (bicyclic) bond motifs is 12. The van der Waals surface area contributed by atoms with E-state index in [1.54, 1.807) is 16.0 Å². The number of anilines is 6. The Morgan fingerprint density at radius 3 is 1.56 bits per heavy atom. The summed E-state index contributed by atoms with van der Waals surface area (Å²) in [6.07, 6.45) is 26.1. The number of allylic oxidation sites excluding steroid dienone is 6. The van der Waals surface area contributed by atoms with Gasteiger partial charge in [-0.25, -0.2) is 0 Å². The van der Waals surface area contributed by atoms with Crippen LogP contribution in [-0.4, -0.2) is 45.2 Å². The zero-order chi connectivity index (χ0) is 44.6. The number of hydrogen-bond acceptors (Lipinski definition) is 4. The lowest BCUT2D eigenvalue weighted by atomic mass is 9.76. The zero-order valence-electron chi connectivity index (χ0n) is 38.9. The Balaban J connectivity index is 0.997. The third kappa shape index (κ3) is 5.86. The molecule has 0 aromatic heterocycles. The van der Waals surface area contributed by atoms with Crippen LogP contribution < -0.4 is 14.7 Å². The largest absolute Gasteiger partial charge is 0.356 e. The van der Waals surface area contributed by atoms with Crippen molar-refractivity contribution in [3.05, 3.63) is 238 Å². The van der Waals surface area contributed by atoms with Gasteiger partial charge >= 0.3 is 0 Å². The van der Waals surface area contributed by atoms with Crippen LogP contribution in [0.15, 0.2) is 227 Å². The number of hydrogen-bond donors (Lipinski definition) is 0. The van der Waals surface area contributed by atoms with Crippen molar-refractivity contribution in [2.75, 3.05) is 14.7 Å². The molecule has 4 aliphatic heterocycles. The number of benzene rings is 5. The third-order valence-electron chi connectivity index (χ3n) is 15.9. The fraction of sp³-hybridized carbons (Fsp3) is 0.233. The van der Waals surface area contributed by atoms with Gasteiger partial charge in [-0.3, -0.25) is 0 Å². The Morgan fingerprint density at radius 1 is 0.439 bits per heavy atom. The van der Waals surface area contributed by atoms with Gasteiger partial charge in [0.25, 0.3) is 0 Å². The summed E-state index contributed by atoms with van der Waals surface area (Å²) in [5, 5.41) is 3.13. The predicted octanol–water partition coefficient (Wildman–Crippen LogP) is 14.4. The monoisotopic (exact) mass is 890 g/mol. The first-order valence-corrected chi connectivity index (χ1v) is 31.3. The maximum absolute atomic E-state index is 2.89. The fourth-order valence-electron chi connectivity index (χ4n) is 12.9. The lowest BCUT2D eigenvalue weighted by Gasteiger charge is -2.38. The molecule has 13 rings (SSSR count). The molecule has 66 heavy (non-hydrogen) atoms. The standard InChI is InChI=1S/C60H58N4Si2/c1-65(2,3)43-28-32-51-50(35-43)58-53(62(41-23-15-9-16-24-41)42-25-17-10-18-26-42)34-31-46-48-38-56-49(37-55(48)63(51)60(46)58)45-30-33-52(61(39-19-11-7-12-20-39)40-21-13-8-14-22-40)57-47-29-27-44(66(4,5)6)36-54(47)64(56)59(45)57/h7-38,46-47,49-51,54,56,60H,1-6H3. The maximum atomic E-state index is 2.89. The van der Waals surface area contributed by atoms with Crippen molar-refractivity contribution in [2.24, 2.45) is 11.8 Å². The molecule has 8 aliphatic rings. The van der Waals surface area contributed by atoms with Crippen LogP contribution in [0.3, 0.4) is 0 Å². The van der Waals surface area contributed by atoms with Gasteiger partial charge in [0.1, 0.15) is 0 Å². The summed E-state index contributed by atoms with van der Waals surface area (Å²) in [6.45, 7) is 15.0. The zero-order valence-corrected chi connectivity index (χ0v) is 40.9. The molecule has 2 fully saturated rings. The van der Waals surface area contributed by atoms with Crippen LogP contribution in [0.25, 0.3) is 0 Å². The Hall–Kier alpha value is -6.35. The van der Waals surface area contributed by atoms with Crippen LogP contribution in [0.5, 0.6) is 0 Å². The van der Waals surface area contributed by atoms with E-state index >= 15 is 0 Å². The van der Waals surface area contributed by atoms with E-state index in [9.17, 15) is 0 Å². The lowest BCUT2D eigenvalue weighted by Crippen LogP contribution is -2.42. The summed E-state index contributed by atoms with van der Waals surface area (Å²) in [6, 6.07) is 50.1. The molecule has 0 radical (unpaired) electrons. The minimum absolute atomic E-state index is 0.235. The van der Waals surface area contributed by atoms with E-state index in [0.29, 0.717) is 5.92 Å². The molecular formula is C60H58N4Si2. The van der Waals surface area contributed by atoms with E-state index in [0.717, 1.165) is 0 Å². The quantitative estimate of drug-likeness (QED) is 0.144. The average Bonchev–Trinajstić information content (AvgIpc) is 4.05. The van der Waals surface area contributed by atoms with Crippen LogP contribution in [0.2, 0.25) is 39.3 Å². The Kier molecular flexibility index (Phi) is 8.83. The predicted molar refractivity (Wildman–Crippen MR) is 282 cm³/mol. The van der Waals surface area contributed by atoms with Crippen molar-refractivity contribution in [1.29, 1.82) is 0 Å². The molecule has 5 aromatic carbocycles. The fourth-order valence-corrected chi connectivity index (χ4v) is 15.5. The molecule has 0 amide bonds. The van der Waals surface area contributed by atoms with E-state index in [1.165, 1.54) is 62.2 Å². The van der Waals surface area contributed by atoms with Crippen LogP contribution in [0.4, 0.5) is 34.1 Å². The van der Waals surface area contributed by atoms with E-state index < -0.39 is 16.1 Å². The molecule has 0 N–H and O–H groups in total. The molecule has 8 unspecified atom stereocenters. The van der Waals surface area contributed by atoms with Crippen molar-refractivity contribution in [3.63, 3.8) is 0 Å². The average molecular weight is 891 g/mol. The second-order valence-corrected chi connectivity index (χ2v) is 31.8. The highest BCUT2D eigenvalue weighted by Crippen LogP contribution is 2.64. The molecule has 5 aromatic rings. The van der Waals surface area contributed by atoms with E-state index in [4.69, 9.17) is 0 Å². The highest BCUT2D eigenvalue weighted by atomic mass is 28.3. The maximum Gasteiger partial charge on any atom is 0.0772 e. The van der Waals surface area contributed by atoms with Crippen molar-refractivity contribution in [3.8, 4) is 0 Å². The van der Waals surface area contributed by atoms with Crippen LogP contribution >= 0.6 is 0 Å². The highest BCUT2D eigenvalue weighted by molar-refractivity contribution is 6.84. The highest BCUT2D eigenvalue weighted by Gasteiger charge is 2.59. The number of para-hydroxylation sites is 4. The van der Waals surface area contributed by atoms with E-state index in [2.05, 4.69) is 253 Å². The van der Waals surface area contributed by atoms with E-state index in [-0.39, 0.29) is 41.9 Å². The summed E-state index contributed by atoms with van der Waals surface area (Å²) in [7, 11) is -3.20. The Bertz CT molecular complexity index is 2980. The molecule has 6 heteroatoms. The van der Waals surface area contributed by atoms with Gasteiger partial charge in [-0.2, -0.15) is 0 Å². The summed E-state index contributed by atoms with van der Waals surface area (Å²) in [5.41, 5.74) is 16.3. The van der Waals surface area contributed by atoms with Gasteiger partial charge < -0.3 is 19.6 Å². The summed E-state index contributed by atoms with van der Waals surface area (Å²) >= 11 is 0. The van der Waals surface area contributed by atoms with Crippen molar-refractivity contribution in [2.45, 2.75) is 75.3 Å². The lowest BCUT2D eigenvalue weighted by molar-refractivity contribution is 0.304. The molecule has 4 nitrogen and oxygen atoms in total. The first-order chi connectivity index (χ1) is 32.0. The second kappa shape index (κ2) is 14.6. The molecule has 2 saturated heterocycles. The van der Waals surface area contributed by atoms with Gasteiger partial charge in [-0.15, -0.1) is 0 Å². The van der Waals surface area contributed by atoms with Gasteiger partial charge in [-0.05, 0) is 77.4 Å². The smallest absolute Gasteiger partial charge is 0.0772 e. The minimum Gasteiger partial charge on any atom is -0.356 e. The van der Waals surface area contributed by atoms with Crippen LogP contribution in [0.1, 0.15) is 23.0 Å². The topological polar surface area (TPSA) is 13.0 Å². The van der Waals surface area contributed by atoms with Crippen LogP contribution in [-0.2, 0) is 0 Å². The molecule has 4 aliphatic carbocycles. The molecule has 0 spiro atoms. The van der Waals surface area contributed by atoms with Crippen molar-refractivity contribution >= 4 is 50.3 Å². The second-order valence-electron chi connectivity index (χ2n) is 21.6. The summed E-state index contributed by atoms with van der Waals surface area (Å²) < 4.78 is 0. The number of nitrogens with zero attached hydrogens (tertiary/aromatic N) is 4. The molecule has 0 saturated carbocycles. The summed E-state index contributed by atoms with van der Waals surface area (Å²) in [5.74, 6) is 1.08. The van der Waals surface area contributed by atoms with Gasteiger partial charge in [0.05, 0.1) is 46.0 Å². The molecule has 0 bridgehead atoms. The molecule has 4 heterocycles. The third-order valence-corrected chi connectivity index (χ3v) is 20.0. The normalized spacial score (nSPS) is 27.0.